The van der Waals surface area contributed by atoms with Crippen molar-refractivity contribution in [2.24, 2.45) is 11.8 Å². The highest BCUT2D eigenvalue weighted by Crippen LogP contribution is 2.33. The number of esters is 1. The van der Waals surface area contributed by atoms with Crippen molar-refractivity contribution in [1.29, 1.82) is 0 Å². The number of nitrogens with one attached hydrogen (secondary N) is 1. The molecule has 1 saturated carbocycles. The first-order valence-corrected chi connectivity index (χ1v) is 9.72. The van der Waals surface area contributed by atoms with Crippen LogP contribution in [0.3, 0.4) is 0 Å². The van der Waals surface area contributed by atoms with Crippen LogP contribution in [-0.2, 0) is 19.6 Å². The Balaban J connectivity index is 0.00000264. The van der Waals surface area contributed by atoms with Crippen LogP contribution in [0.4, 0.5) is 0 Å². The van der Waals surface area contributed by atoms with Gasteiger partial charge in [-0.15, -0.1) is 12.4 Å². The average Bonchev–Trinajstić information content (AvgIpc) is 2.54. The van der Waals surface area contributed by atoms with Gasteiger partial charge in [-0.1, -0.05) is 12.8 Å². The molecule has 2 aliphatic rings. The number of piperidine rings is 1. The first kappa shape index (κ1) is 20.7. The lowest BCUT2D eigenvalue weighted by atomic mass is 9.89. The standard InChI is InChI=1S/C15H28N2O4S.ClH/c1-16-10-12-6-5-9-17(11-12)22(19,20)14-8-4-3-7-13(14)15(18)21-2;/h12-14,16H,3-11H2,1-2H3;1H. The van der Waals surface area contributed by atoms with Gasteiger partial charge in [-0.3, -0.25) is 4.79 Å². The number of rotatable bonds is 5. The summed E-state index contributed by atoms with van der Waals surface area (Å²) in [6, 6.07) is 0. The molecule has 0 aromatic carbocycles. The summed E-state index contributed by atoms with van der Waals surface area (Å²) in [7, 11) is -0.207. The molecule has 0 aromatic rings. The highest BCUT2D eigenvalue weighted by Gasteiger charge is 2.44. The Labute approximate surface area is 145 Å². The molecule has 0 radical (unpaired) electrons. The second kappa shape index (κ2) is 9.20. The summed E-state index contributed by atoms with van der Waals surface area (Å²) in [6.07, 6.45) is 4.89. The van der Waals surface area contributed by atoms with Gasteiger partial charge in [0.15, 0.2) is 0 Å². The lowest BCUT2D eigenvalue weighted by Gasteiger charge is -2.37. The summed E-state index contributed by atoms with van der Waals surface area (Å²) < 4.78 is 32.5. The van der Waals surface area contributed by atoms with Crippen LogP contribution in [0, 0.1) is 11.8 Å². The quantitative estimate of drug-likeness (QED) is 0.742. The predicted octanol–water partition coefficient (Wildman–Crippen LogP) is 1.40. The van der Waals surface area contributed by atoms with E-state index in [0.717, 1.165) is 32.2 Å². The van der Waals surface area contributed by atoms with Crippen LogP contribution in [0.25, 0.3) is 0 Å². The number of nitrogens with zero attached hydrogens (tertiary/aromatic N) is 1. The van der Waals surface area contributed by atoms with Gasteiger partial charge in [0.2, 0.25) is 10.0 Å². The second-order valence-corrected chi connectivity index (χ2v) is 8.57. The Morgan fingerprint density at radius 2 is 1.91 bits per heavy atom. The average molecular weight is 369 g/mol. The highest BCUT2D eigenvalue weighted by molar-refractivity contribution is 7.89. The Hall–Kier alpha value is -0.370. The lowest BCUT2D eigenvalue weighted by Crippen LogP contribution is -2.50. The molecule has 8 heteroatoms. The first-order chi connectivity index (χ1) is 10.5. The molecule has 3 unspecified atom stereocenters. The maximum absolute atomic E-state index is 13.0. The predicted molar refractivity (Wildman–Crippen MR) is 92.2 cm³/mol. The number of carbonyl (C=O) groups excluding carboxylic acids is 1. The molecule has 1 saturated heterocycles. The van der Waals surface area contributed by atoms with Gasteiger partial charge < -0.3 is 10.1 Å². The molecule has 1 heterocycles. The van der Waals surface area contributed by atoms with E-state index in [4.69, 9.17) is 4.74 Å². The van der Waals surface area contributed by atoms with Gasteiger partial charge >= 0.3 is 5.97 Å². The number of methoxy groups -OCH3 is 1. The molecule has 1 aliphatic heterocycles. The molecule has 1 N–H and O–H groups in total. The number of sulfonamides is 1. The minimum absolute atomic E-state index is 0. The molecule has 1 aliphatic carbocycles. The molecule has 3 atom stereocenters. The summed E-state index contributed by atoms with van der Waals surface area (Å²) in [5, 5.41) is 2.52. The number of hydrogen-bond donors (Lipinski definition) is 1. The van der Waals surface area contributed by atoms with Crippen LogP contribution in [0.2, 0.25) is 0 Å². The fraction of sp³-hybridized carbons (Fsp3) is 0.933. The fourth-order valence-electron chi connectivity index (χ4n) is 3.78. The van der Waals surface area contributed by atoms with Crippen LogP contribution < -0.4 is 5.32 Å². The number of halogens is 1. The Kier molecular flexibility index (Phi) is 8.27. The van der Waals surface area contributed by atoms with E-state index in [9.17, 15) is 13.2 Å². The first-order valence-electron chi connectivity index (χ1n) is 8.22. The zero-order valence-electron chi connectivity index (χ0n) is 14.0. The van der Waals surface area contributed by atoms with E-state index in [0.29, 0.717) is 31.8 Å². The van der Waals surface area contributed by atoms with E-state index in [-0.39, 0.29) is 18.4 Å². The van der Waals surface area contributed by atoms with Crippen LogP contribution in [0.5, 0.6) is 0 Å². The van der Waals surface area contributed by atoms with Crippen molar-refractivity contribution in [3.8, 4) is 0 Å². The van der Waals surface area contributed by atoms with Crippen molar-refractivity contribution in [2.75, 3.05) is 33.8 Å². The van der Waals surface area contributed by atoms with E-state index in [2.05, 4.69) is 5.32 Å². The van der Waals surface area contributed by atoms with Crippen LogP contribution in [-0.4, -0.2) is 57.7 Å². The summed E-state index contributed by atoms with van der Waals surface area (Å²) in [4.78, 5) is 12.0. The normalized spacial score (nSPS) is 29.6. The van der Waals surface area contributed by atoms with E-state index in [1.807, 2.05) is 7.05 Å². The van der Waals surface area contributed by atoms with Gasteiger partial charge in [0, 0.05) is 13.1 Å². The molecule has 23 heavy (non-hydrogen) atoms. The molecule has 0 spiro atoms. The third kappa shape index (κ3) is 4.81. The Morgan fingerprint density at radius 1 is 1.22 bits per heavy atom. The van der Waals surface area contributed by atoms with Gasteiger partial charge in [-0.05, 0) is 45.2 Å². The molecule has 0 amide bonds. The van der Waals surface area contributed by atoms with E-state index < -0.39 is 21.2 Å². The van der Waals surface area contributed by atoms with Crippen molar-refractivity contribution in [3.05, 3.63) is 0 Å². The van der Waals surface area contributed by atoms with Gasteiger partial charge in [0.05, 0.1) is 18.3 Å². The summed E-state index contributed by atoms with van der Waals surface area (Å²) in [5.41, 5.74) is 0. The van der Waals surface area contributed by atoms with E-state index in [1.54, 1.807) is 4.31 Å². The number of carbonyl (C=O) groups is 1. The number of ether oxygens (including phenoxy) is 1. The maximum Gasteiger partial charge on any atom is 0.310 e. The highest BCUT2D eigenvalue weighted by atomic mass is 35.5. The third-order valence-corrected chi connectivity index (χ3v) is 7.30. The van der Waals surface area contributed by atoms with E-state index >= 15 is 0 Å². The minimum atomic E-state index is -3.44. The molecular weight excluding hydrogens is 340 g/mol. The summed E-state index contributed by atoms with van der Waals surface area (Å²) in [6.45, 7) is 1.97. The lowest BCUT2D eigenvalue weighted by molar-refractivity contribution is -0.146. The third-order valence-electron chi connectivity index (χ3n) is 4.92. The minimum Gasteiger partial charge on any atom is -0.469 e. The van der Waals surface area contributed by atoms with Crippen molar-refractivity contribution in [1.82, 2.24) is 9.62 Å². The zero-order chi connectivity index (χ0) is 16.2. The SMILES string of the molecule is CNCC1CCCN(S(=O)(=O)C2CCCCC2C(=O)OC)C1.Cl. The molecule has 2 rings (SSSR count). The molecular formula is C15H29ClN2O4S. The molecule has 0 bridgehead atoms. The smallest absolute Gasteiger partial charge is 0.310 e. The molecule has 6 nitrogen and oxygen atoms in total. The van der Waals surface area contributed by atoms with Gasteiger partial charge in [0.1, 0.15) is 0 Å². The van der Waals surface area contributed by atoms with Crippen molar-refractivity contribution >= 4 is 28.4 Å². The summed E-state index contributed by atoms with van der Waals surface area (Å²) >= 11 is 0. The Morgan fingerprint density at radius 3 is 2.57 bits per heavy atom. The topological polar surface area (TPSA) is 75.7 Å². The second-order valence-electron chi connectivity index (χ2n) is 6.42. The molecule has 0 aromatic heterocycles. The molecule has 2 fully saturated rings. The fourth-order valence-corrected chi connectivity index (χ4v) is 6.09. The maximum atomic E-state index is 13.0. The van der Waals surface area contributed by atoms with Crippen LogP contribution >= 0.6 is 12.4 Å². The van der Waals surface area contributed by atoms with E-state index in [1.165, 1.54) is 7.11 Å². The van der Waals surface area contributed by atoms with Crippen LogP contribution in [0.1, 0.15) is 38.5 Å². The van der Waals surface area contributed by atoms with Crippen molar-refractivity contribution < 1.29 is 17.9 Å². The van der Waals surface area contributed by atoms with Crippen LogP contribution in [0.15, 0.2) is 0 Å². The number of hydrogen-bond acceptors (Lipinski definition) is 5. The van der Waals surface area contributed by atoms with Crippen molar-refractivity contribution in [3.63, 3.8) is 0 Å². The zero-order valence-corrected chi connectivity index (χ0v) is 15.6. The Bertz CT molecular complexity index is 484. The van der Waals surface area contributed by atoms with Gasteiger partial charge in [-0.25, -0.2) is 12.7 Å². The largest absolute Gasteiger partial charge is 0.469 e. The van der Waals surface area contributed by atoms with Crippen molar-refractivity contribution in [2.45, 2.75) is 43.8 Å². The van der Waals surface area contributed by atoms with Gasteiger partial charge in [0.25, 0.3) is 0 Å². The monoisotopic (exact) mass is 368 g/mol. The molecule has 136 valence electrons. The summed E-state index contributed by atoms with van der Waals surface area (Å²) in [5.74, 6) is -0.529. The van der Waals surface area contributed by atoms with Gasteiger partial charge in [-0.2, -0.15) is 0 Å².